The fourth-order valence-electron chi connectivity index (χ4n) is 2.12. The van der Waals surface area contributed by atoms with Gasteiger partial charge in [-0.05, 0) is 26.2 Å². The summed E-state index contributed by atoms with van der Waals surface area (Å²) < 4.78 is 11.9. The molecule has 6 nitrogen and oxygen atoms in total. The number of aromatic nitrogens is 2. The van der Waals surface area contributed by atoms with E-state index in [-0.39, 0.29) is 19.1 Å². The first-order chi connectivity index (χ1) is 10.1. The van der Waals surface area contributed by atoms with Crippen LogP contribution in [-0.2, 0) is 27.4 Å². The maximum Gasteiger partial charge on any atom is 0.326 e. The van der Waals surface area contributed by atoms with Crippen LogP contribution in [0.5, 0.6) is 0 Å². The molecule has 2 aromatic rings. The lowest BCUT2D eigenvalue weighted by Gasteiger charge is -2.12. The number of hydrogen-bond donors (Lipinski definition) is 0. The molecular weight excluding hydrogens is 270 g/mol. The fourth-order valence-corrected chi connectivity index (χ4v) is 2.12. The van der Waals surface area contributed by atoms with Gasteiger partial charge in [0.15, 0.2) is 0 Å². The van der Waals surface area contributed by atoms with Crippen molar-refractivity contribution >= 4 is 17.0 Å². The molecule has 1 heterocycles. The van der Waals surface area contributed by atoms with Crippen LogP contribution in [0.3, 0.4) is 0 Å². The molecule has 0 saturated heterocycles. The average Bonchev–Trinajstić information content (AvgIpc) is 2.76. The zero-order chi connectivity index (χ0) is 15.2. The molecule has 0 unspecified atom stereocenters. The highest BCUT2D eigenvalue weighted by atomic mass is 16.6. The van der Waals surface area contributed by atoms with E-state index in [1.54, 1.807) is 7.11 Å². The molecule has 0 spiro atoms. The summed E-state index contributed by atoms with van der Waals surface area (Å²) in [5, 5.41) is 0. The number of methoxy groups -OCH3 is 1. The van der Waals surface area contributed by atoms with Crippen molar-refractivity contribution in [1.29, 1.82) is 0 Å². The van der Waals surface area contributed by atoms with Crippen LogP contribution in [0.15, 0.2) is 24.3 Å². The number of esters is 1. The minimum absolute atomic E-state index is 0.160. The number of fused-ring (bicyclic) bond motifs is 1. The SMILES string of the molecule is COCCOC(=O)Cn1c(CN(C)C)nc2ccccc21. The lowest BCUT2D eigenvalue weighted by Crippen LogP contribution is -2.20. The lowest BCUT2D eigenvalue weighted by atomic mass is 10.3. The van der Waals surface area contributed by atoms with Gasteiger partial charge in [-0.25, -0.2) is 4.98 Å². The predicted molar refractivity (Wildman–Crippen MR) is 80.0 cm³/mol. The van der Waals surface area contributed by atoms with Crippen molar-refractivity contribution in [3.05, 3.63) is 30.1 Å². The number of imidazole rings is 1. The number of hydrogen-bond acceptors (Lipinski definition) is 5. The van der Waals surface area contributed by atoms with Gasteiger partial charge in [0.2, 0.25) is 0 Å². The van der Waals surface area contributed by atoms with Gasteiger partial charge in [-0.15, -0.1) is 0 Å². The van der Waals surface area contributed by atoms with Crippen LogP contribution < -0.4 is 0 Å². The Balaban J connectivity index is 2.21. The summed E-state index contributed by atoms with van der Waals surface area (Å²) in [6.07, 6.45) is 0. The molecular formula is C15H21N3O3. The number of carbonyl (C=O) groups is 1. The molecule has 0 atom stereocenters. The molecule has 1 aromatic heterocycles. The molecule has 0 aliphatic heterocycles. The van der Waals surface area contributed by atoms with Gasteiger partial charge in [0.05, 0.1) is 24.2 Å². The summed E-state index contributed by atoms with van der Waals surface area (Å²) >= 11 is 0. The Morgan fingerprint density at radius 2 is 2.05 bits per heavy atom. The maximum absolute atomic E-state index is 11.9. The smallest absolute Gasteiger partial charge is 0.326 e. The Bertz CT molecular complexity index is 607. The van der Waals surface area contributed by atoms with Crippen LogP contribution in [0.1, 0.15) is 5.82 Å². The highest BCUT2D eigenvalue weighted by molar-refractivity contribution is 5.78. The van der Waals surface area contributed by atoms with Gasteiger partial charge < -0.3 is 18.9 Å². The van der Waals surface area contributed by atoms with E-state index < -0.39 is 0 Å². The molecule has 0 amide bonds. The highest BCUT2D eigenvalue weighted by Crippen LogP contribution is 2.17. The first-order valence-corrected chi connectivity index (χ1v) is 6.85. The predicted octanol–water partition coefficient (Wildman–Crippen LogP) is 1.29. The Morgan fingerprint density at radius 3 is 2.76 bits per heavy atom. The molecule has 0 aliphatic carbocycles. The number of para-hydroxylation sites is 2. The van der Waals surface area contributed by atoms with Gasteiger partial charge in [0.25, 0.3) is 0 Å². The van der Waals surface area contributed by atoms with E-state index in [4.69, 9.17) is 9.47 Å². The number of benzene rings is 1. The van der Waals surface area contributed by atoms with Crippen LogP contribution in [0.25, 0.3) is 11.0 Å². The lowest BCUT2D eigenvalue weighted by molar-refractivity contribution is -0.145. The molecule has 0 bridgehead atoms. The summed E-state index contributed by atoms with van der Waals surface area (Å²) in [7, 11) is 5.52. The van der Waals surface area contributed by atoms with Crippen molar-refractivity contribution < 1.29 is 14.3 Å². The minimum atomic E-state index is -0.282. The Morgan fingerprint density at radius 1 is 1.29 bits per heavy atom. The van der Waals surface area contributed by atoms with E-state index >= 15 is 0 Å². The van der Waals surface area contributed by atoms with Gasteiger partial charge in [-0.3, -0.25) is 4.79 Å². The fraction of sp³-hybridized carbons (Fsp3) is 0.467. The molecule has 2 rings (SSSR count). The maximum atomic E-state index is 11.9. The normalized spacial score (nSPS) is 11.2. The van der Waals surface area contributed by atoms with Crippen LogP contribution in [0, 0.1) is 0 Å². The third-order valence-corrected chi connectivity index (χ3v) is 3.03. The zero-order valence-corrected chi connectivity index (χ0v) is 12.7. The molecule has 6 heteroatoms. The third kappa shape index (κ3) is 4.03. The number of ether oxygens (including phenoxy) is 2. The number of carbonyl (C=O) groups excluding carboxylic acids is 1. The third-order valence-electron chi connectivity index (χ3n) is 3.03. The second-order valence-corrected chi connectivity index (χ2v) is 5.05. The topological polar surface area (TPSA) is 56.6 Å². The molecule has 114 valence electrons. The summed E-state index contributed by atoms with van der Waals surface area (Å²) in [5.74, 6) is 0.570. The molecule has 0 radical (unpaired) electrons. The van der Waals surface area contributed by atoms with Crippen molar-refractivity contribution in [3.63, 3.8) is 0 Å². The van der Waals surface area contributed by atoms with Crippen LogP contribution >= 0.6 is 0 Å². The average molecular weight is 291 g/mol. The Labute approximate surface area is 124 Å². The van der Waals surface area contributed by atoms with Crippen LogP contribution in [-0.4, -0.2) is 54.8 Å². The summed E-state index contributed by atoms with van der Waals surface area (Å²) in [6, 6.07) is 7.79. The molecule has 0 fully saturated rings. The van der Waals surface area contributed by atoms with E-state index in [1.807, 2.05) is 47.8 Å². The van der Waals surface area contributed by atoms with Crippen LogP contribution in [0.2, 0.25) is 0 Å². The molecule has 0 saturated carbocycles. The van der Waals surface area contributed by atoms with E-state index in [0.29, 0.717) is 13.2 Å². The largest absolute Gasteiger partial charge is 0.462 e. The van der Waals surface area contributed by atoms with Crippen molar-refractivity contribution in [2.75, 3.05) is 34.4 Å². The molecule has 1 aromatic carbocycles. The van der Waals surface area contributed by atoms with Crippen molar-refractivity contribution in [2.24, 2.45) is 0 Å². The number of rotatable bonds is 7. The van der Waals surface area contributed by atoms with E-state index in [9.17, 15) is 4.79 Å². The number of nitrogens with zero attached hydrogens (tertiary/aromatic N) is 3. The summed E-state index contributed by atoms with van der Waals surface area (Å²) in [5.41, 5.74) is 1.83. The van der Waals surface area contributed by atoms with Gasteiger partial charge >= 0.3 is 5.97 Å². The zero-order valence-electron chi connectivity index (χ0n) is 12.7. The minimum Gasteiger partial charge on any atom is -0.462 e. The Kier molecular flexibility index (Phi) is 5.30. The first kappa shape index (κ1) is 15.5. The second kappa shape index (κ2) is 7.19. The van der Waals surface area contributed by atoms with E-state index in [2.05, 4.69) is 4.98 Å². The molecule has 0 N–H and O–H groups in total. The van der Waals surface area contributed by atoms with Gasteiger partial charge in [0.1, 0.15) is 19.0 Å². The standard InChI is InChI=1S/C15H21N3O3/c1-17(2)10-14-16-12-6-4-5-7-13(12)18(14)11-15(19)21-9-8-20-3/h4-7H,8-11H2,1-3H3. The van der Waals surface area contributed by atoms with Crippen LogP contribution in [0.4, 0.5) is 0 Å². The monoisotopic (exact) mass is 291 g/mol. The van der Waals surface area contributed by atoms with Crippen molar-refractivity contribution in [3.8, 4) is 0 Å². The quantitative estimate of drug-likeness (QED) is 0.568. The van der Waals surface area contributed by atoms with Gasteiger partial charge in [0, 0.05) is 7.11 Å². The highest BCUT2D eigenvalue weighted by Gasteiger charge is 2.14. The van der Waals surface area contributed by atoms with E-state index in [0.717, 1.165) is 16.9 Å². The molecule has 0 aliphatic rings. The van der Waals surface area contributed by atoms with Gasteiger partial charge in [-0.1, -0.05) is 12.1 Å². The van der Waals surface area contributed by atoms with E-state index in [1.165, 1.54) is 0 Å². The summed E-state index contributed by atoms with van der Waals surface area (Å²) in [4.78, 5) is 18.5. The molecule has 21 heavy (non-hydrogen) atoms. The second-order valence-electron chi connectivity index (χ2n) is 5.05. The first-order valence-electron chi connectivity index (χ1n) is 6.85. The van der Waals surface area contributed by atoms with Crippen molar-refractivity contribution in [1.82, 2.24) is 14.5 Å². The van der Waals surface area contributed by atoms with Crippen molar-refractivity contribution in [2.45, 2.75) is 13.1 Å². The summed E-state index contributed by atoms with van der Waals surface area (Å²) in [6.45, 7) is 1.50. The van der Waals surface area contributed by atoms with Gasteiger partial charge in [-0.2, -0.15) is 0 Å². The Hall–Kier alpha value is -1.92.